The number of amides is 1. The lowest BCUT2D eigenvalue weighted by atomic mass is 9.86. The van der Waals surface area contributed by atoms with Crippen LogP contribution in [0.2, 0.25) is 0 Å². The SMILES string of the molecule is COc1ccc(NC(=O)C=C2NC(C)(C)Cc3ccccc32)cc1OC. The van der Waals surface area contributed by atoms with Crippen molar-refractivity contribution in [2.24, 2.45) is 0 Å². The number of methoxy groups -OCH3 is 2. The van der Waals surface area contributed by atoms with Gasteiger partial charge in [0.05, 0.1) is 14.2 Å². The molecule has 0 atom stereocenters. The molecule has 26 heavy (non-hydrogen) atoms. The van der Waals surface area contributed by atoms with E-state index >= 15 is 0 Å². The van der Waals surface area contributed by atoms with Crippen LogP contribution >= 0.6 is 0 Å². The normalized spacial score (nSPS) is 16.4. The molecule has 1 heterocycles. The third-order valence-corrected chi connectivity index (χ3v) is 4.34. The fraction of sp³-hybridized carbons (Fsp3) is 0.286. The van der Waals surface area contributed by atoms with Crippen molar-refractivity contribution in [3.63, 3.8) is 0 Å². The van der Waals surface area contributed by atoms with Gasteiger partial charge in [0.2, 0.25) is 5.91 Å². The molecule has 0 bridgehead atoms. The molecule has 5 nitrogen and oxygen atoms in total. The number of fused-ring (bicyclic) bond motifs is 1. The maximum Gasteiger partial charge on any atom is 0.250 e. The second-order valence-corrected chi connectivity index (χ2v) is 6.96. The monoisotopic (exact) mass is 352 g/mol. The van der Waals surface area contributed by atoms with Crippen molar-refractivity contribution in [3.8, 4) is 11.5 Å². The Morgan fingerprint density at radius 3 is 2.58 bits per heavy atom. The highest BCUT2D eigenvalue weighted by Gasteiger charge is 2.27. The van der Waals surface area contributed by atoms with Gasteiger partial charge in [-0.15, -0.1) is 0 Å². The fourth-order valence-electron chi connectivity index (χ4n) is 3.23. The number of rotatable bonds is 4. The van der Waals surface area contributed by atoms with E-state index < -0.39 is 0 Å². The molecular weight excluding hydrogens is 328 g/mol. The van der Waals surface area contributed by atoms with Gasteiger partial charge in [-0.05, 0) is 38.0 Å². The maximum atomic E-state index is 12.6. The Labute approximate surface area is 154 Å². The first-order valence-corrected chi connectivity index (χ1v) is 8.53. The third kappa shape index (κ3) is 3.82. The van der Waals surface area contributed by atoms with Gasteiger partial charge in [0.25, 0.3) is 0 Å². The summed E-state index contributed by atoms with van der Waals surface area (Å²) in [6, 6.07) is 13.4. The number of benzene rings is 2. The van der Waals surface area contributed by atoms with Crippen molar-refractivity contribution in [1.82, 2.24) is 5.32 Å². The Morgan fingerprint density at radius 1 is 1.12 bits per heavy atom. The van der Waals surface area contributed by atoms with Gasteiger partial charge in [-0.2, -0.15) is 0 Å². The first kappa shape index (κ1) is 17.9. The average Bonchev–Trinajstić information content (AvgIpc) is 2.60. The number of carbonyl (C=O) groups excluding carboxylic acids is 1. The molecule has 0 spiro atoms. The standard InChI is InChI=1S/C21H24N2O3/c1-21(2)13-14-7-5-6-8-16(14)17(23-21)12-20(24)22-15-9-10-18(25-3)19(11-15)26-4/h5-12,23H,13H2,1-4H3,(H,22,24). The zero-order valence-corrected chi connectivity index (χ0v) is 15.6. The molecule has 5 heteroatoms. The van der Waals surface area contributed by atoms with E-state index in [1.54, 1.807) is 38.5 Å². The molecular formula is C21H24N2O3. The molecule has 0 unspecified atom stereocenters. The van der Waals surface area contributed by atoms with Crippen molar-refractivity contribution in [3.05, 3.63) is 59.7 Å². The van der Waals surface area contributed by atoms with Crippen LogP contribution in [-0.4, -0.2) is 25.7 Å². The molecule has 0 aliphatic carbocycles. The Kier molecular flexibility index (Phi) is 4.89. The summed E-state index contributed by atoms with van der Waals surface area (Å²) in [6.45, 7) is 4.26. The summed E-state index contributed by atoms with van der Waals surface area (Å²) < 4.78 is 10.5. The van der Waals surface area contributed by atoms with Crippen LogP contribution in [0.15, 0.2) is 48.5 Å². The van der Waals surface area contributed by atoms with Gasteiger partial charge in [-0.25, -0.2) is 0 Å². The minimum atomic E-state index is -0.202. The molecule has 2 aromatic carbocycles. The van der Waals surface area contributed by atoms with E-state index in [-0.39, 0.29) is 11.4 Å². The van der Waals surface area contributed by atoms with Crippen molar-refractivity contribution >= 4 is 17.3 Å². The van der Waals surface area contributed by atoms with Crippen LogP contribution in [0, 0.1) is 0 Å². The minimum Gasteiger partial charge on any atom is -0.493 e. The smallest absolute Gasteiger partial charge is 0.250 e. The fourth-order valence-corrected chi connectivity index (χ4v) is 3.23. The predicted molar refractivity (Wildman–Crippen MR) is 104 cm³/mol. The van der Waals surface area contributed by atoms with Gasteiger partial charge in [0.1, 0.15) is 0 Å². The summed E-state index contributed by atoms with van der Waals surface area (Å²) in [5.74, 6) is 0.987. The van der Waals surface area contributed by atoms with Crippen LogP contribution in [-0.2, 0) is 11.2 Å². The number of carbonyl (C=O) groups is 1. The first-order chi connectivity index (χ1) is 12.4. The summed E-state index contributed by atoms with van der Waals surface area (Å²) in [4.78, 5) is 12.6. The lowest BCUT2D eigenvalue weighted by molar-refractivity contribution is -0.111. The Balaban J connectivity index is 1.85. The highest BCUT2D eigenvalue weighted by atomic mass is 16.5. The van der Waals surface area contributed by atoms with E-state index in [1.807, 2.05) is 18.2 Å². The molecule has 0 saturated carbocycles. The number of hydrogen-bond acceptors (Lipinski definition) is 4. The average molecular weight is 352 g/mol. The second kappa shape index (κ2) is 7.12. The van der Waals surface area contributed by atoms with Crippen LogP contribution in [0.4, 0.5) is 5.69 Å². The molecule has 3 rings (SSSR count). The van der Waals surface area contributed by atoms with E-state index in [1.165, 1.54) is 5.56 Å². The molecule has 2 aromatic rings. The molecule has 0 radical (unpaired) electrons. The topological polar surface area (TPSA) is 59.6 Å². The summed E-state index contributed by atoms with van der Waals surface area (Å²) in [7, 11) is 3.14. The Bertz CT molecular complexity index is 856. The predicted octanol–water partition coefficient (Wildman–Crippen LogP) is 3.61. The molecule has 0 saturated heterocycles. The molecule has 0 aromatic heterocycles. The summed E-state index contributed by atoms with van der Waals surface area (Å²) in [6.07, 6.45) is 2.52. The van der Waals surface area contributed by atoms with E-state index in [0.717, 1.165) is 17.7 Å². The number of hydrogen-bond donors (Lipinski definition) is 2. The van der Waals surface area contributed by atoms with Crippen LogP contribution in [0.25, 0.3) is 5.70 Å². The van der Waals surface area contributed by atoms with Crippen molar-refractivity contribution in [2.75, 3.05) is 19.5 Å². The summed E-state index contributed by atoms with van der Waals surface area (Å²) >= 11 is 0. The Hall–Kier alpha value is -2.95. The highest BCUT2D eigenvalue weighted by Crippen LogP contribution is 2.31. The van der Waals surface area contributed by atoms with Crippen molar-refractivity contribution < 1.29 is 14.3 Å². The minimum absolute atomic E-state index is 0.107. The molecule has 2 N–H and O–H groups in total. The molecule has 1 amide bonds. The number of nitrogens with one attached hydrogen (secondary N) is 2. The van der Waals surface area contributed by atoms with Crippen LogP contribution in [0.5, 0.6) is 11.5 Å². The highest BCUT2D eigenvalue weighted by molar-refractivity contribution is 6.04. The third-order valence-electron chi connectivity index (χ3n) is 4.34. The molecule has 136 valence electrons. The number of anilines is 1. The Morgan fingerprint density at radius 2 is 1.85 bits per heavy atom. The summed E-state index contributed by atoms with van der Waals surface area (Å²) in [5.41, 5.74) is 3.67. The summed E-state index contributed by atoms with van der Waals surface area (Å²) in [5, 5.41) is 6.34. The van der Waals surface area contributed by atoms with E-state index in [9.17, 15) is 4.79 Å². The zero-order chi connectivity index (χ0) is 18.7. The van der Waals surface area contributed by atoms with Gasteiger partial charge >= 0.3 is 0 Å². The largest absolute Gasteiger partial charge is 0.493 e. The number of ether oxygens (including phenoxy) is 2. The van der Waals surface area contributed by atoms with Crippen LogP contribution in [0.3, 0.4) is 0 Å². The van der Waals surface area contributed by atoms with Gasteiger partial charge in [-0.3, -0.25) is 4.79 Å². The van der Waals surface area contributed by atoms with E-state index in [0.29, 0.717) is 17.2 Å². The molecule has 1 aliphatic heterocycles. The quantitative estimate of drug-likeness (QED) is 0.826. The lowest BCUT2D eigenvalue weighted by Crippen LogP contribution is -2.44. The van der Waals surface area contributed by atoms with Gasteiger partial charge in [0.15, 0.2) is 11.5 Å². The van der Waals surface area contributed by atoms with Gasteiger partial charge in [-0.1, -0.05) is 24.3 Å². The van der Waals surface area contributed by atoms with E-state index in [2.05, 4.69) is 30.5 Å². The van der Waals surface area contributed by atoms with Gasteiger partial charge < -0.3 is 20.1 Å². The maximum absolute atomic E-state index is 12.6. The van der Waals surface area contributed by atoms with Crippen molar-refractivity contribution in [2.45, 2.75) is 25.8 Å². The van der Waals surface area contributed by atoms with Crippen LogP contribution in [0.1, 0.15) is 25.0 Å². The van der Waals surface area contributed by atoms with Gasteiger partial charge in [0, 0.05) is 34.6 Å². The zero-order valence-electron chi connectivity index (χ0n) is 15.6. The molecule has 0 fully saturated rings. The van der Waals surface area contributed by atoms with E-state index in [4.69, 9.17) is 9.47 Å². The molecule has 1 aliphatic rings. The second-order valence-electron chi connectivity index (χ2n) is 6.96. The lowest BCUT2D eigenvalue weighted by Gasteiger charge is -2.35. The first-order valence-electron chi connectivity index (χ1n) is 8.53. The van der Waals surface area contributed by atoms with Crippen molar-refractivity contribution in [1.29, 1.82) is 0 Å². The van der Waals surface area contributed by atoms with Crippen LogP contribution < -0.4 is 20.1 Å².